The van der Waals surface area contributed by atoms with Crippen LogP contribution in [0.4, 0.5) is 0 Å². The van der Waals surface area contributed by atoms with Crippen LogP contribution in [0.2, 0.25) is 0 Å². The molecule has 0 aromatic carbocycles. The molecule has 0 atom stereocenters. The zero-order valence-corrected chi connectivity index (χ0v) is 11.5. The third kappa shape index (κ3) is 3.23. The van der Waals surface area contributed by atoms with Crippen LogP contribution in [0.15, 0.2) is 16.8 Å². The highest BCUT2D eigenvalue weighted by molar-refractivity contribution is 7.08. The summed E-state index contributed by atoms with van der Waals surface area (Å²) in [6.45, 7) is 0.668. The van der Waals surface area contributed by atoms with Gasteiger partial charge in [-0.2, -0.15) is 11.3 Å². The first-order chi connectivity index (χ1) is 8.33. The second-order valence-corrected chi connectivity index (χ2v) is 5.65. The maximum absolute atomic E-state index is 12.4. The van der Waals surface area contributed by atoms with Crippen molar-refractivity contribution in [1.82, 2.24) is 4.90 Å². The molecular formula is C13H18ClNOS. The predicted octanol–water partition coefficient (Wildman–Crippen LogP) is 3.76. The number of amides is 1. The van der Waals surface area contributed by atoms with Gasteiger partial charge < -0.3 is 4.90 Å². The molecule has 17 heavy (non-hydrogen) atoms. The van der Waals surface area contributed by atoms with E-state index < -0.39 is 0 Å². The highest BCUT2D eigenvalue weighted by Gasteiger charge is 2.25. The average Bonchev–Trinajstić information content (AvgIpc) is 2.90. The Hall–Kier alpha value is -0.540. The molecule has 0 saturated heterocycles. The summed E-state index contributed by atoms with van der Waals surface area (Å²) in [5, 5.41) is 3.87. The molecule has 0 bridgehead atoms. The van der Waals surface area contributed by atoms with Gasteiger partial charge in [0.15, 0.2) is 0 Å². The summed E-state index contributed by atoms with van der Waals surface area (Å²) < 4.78 is 0. The highest BCUT2D eigenvalue weighted by atomic mass is 35.5. The van der Waals surface area contributed by atoms with Crippen molar-refractivity contribution < 1.29 is 4.79 Å². The van der Waals surface area contributed by atoms with Crippen LogP contribution in [0.5, 0.6) is 0 Å². The third-order valence-electron chi connectivity index (χ3n) is 3.37. The fourth-order valence-electron chi connectivity index (χ4n) is 2.49. The van der Waals surface area contributed by atoms with Crippen LogP contribution >= 0.6 is 22.9 Å². The van der Waals surface area contributed by atoms with Gasteiger partial charge in [0.1, 0.15) is 0 Å². The largest absolute Gasteiger partial charge is 0.334 e. The fourth-order valence-corrected chi connectivity index (χ4v) is 3.30. The van der Waals surface area contributed by atoms with Crippen LogP contribution in [0.3, 0.4) is 0 Å². The Morgan fingerprint density at radius 2 is 2.18 bits per heavy atom. The Kier molecular flexibility index (Phi) is 4.86. The van der Waals surface area contributed by atoms with E-state index in [2.05, 4.69) is 0 Å². The van der Waals surface area contributed by atoms with Crippen molar-refractivity contribution in [2.75, 3.05) is 12.4 Å². The molecule has 0 spiro atoms. The lowest BCUT2D eigenvalue weighted by Crippen LogP contribution is -2.42. The Balaban J connectivity index is 2.07. The van der Waals surface area contributed by atoms with E-state index in [0.29, 0.717) is 18.5 Å². The minimum Gasteiger partial charge on any atom is -0.334 e. The summed E-state index contributed by atoms with van der Waals surface area (Å²) in [6, 6.07) is 2.30. The van der Waals surface area contributed by atoms with Crippen LogP contribution in [0, 0.1) is 0 Å². The molecule has 0 radical (unpaired) electrons. The molecule has 2 rings (SSSR count). The van der Waals surface area contributed by atoms with Gasteiger partial charge in [-0.3, -0.25) is 4.79 Å². The minimum atomic E-state index is 0.152. The van der Waals surface area contributed by atoms with Crippen molar-refractivity contribution in [2.24, 2.45) is 0 Å². The van der Waals surface area contributed by atoms with Gasteiger partial charge in [-0.05, 0) is 24.3 Å². The number of hydrogen-bond donors (Lipinski definition) is 0. The second kappa shape index (κ2) is 6.41. The van der Waals surface area contributed by atoms with Crippen LogP contribution < -0.4 is 0 Å². The van der Waals surface area contributed by atoms with E-state index in [1.54, 1.807) is 11.3 Å². The van der Waals surface area contributed by atoms with E-state index in [4.69, 9.17) is 11.6 Å². The van der Waals surface area contributed by atoms with Gasteiger partial charge in [-0.25, -0.2) is 0 Å². The molecule has 1 heterocycles. The molecular weight excluding hydrogens is 254 g/mol. The Morgan fingerprint density at radius 3 is 2.76 bits per heavy atom. The number of thiophene rings is 1. The third-order valence-corrected chi connectivity index (χ3v) is 4.22. The zero-order valence-electron chi connectivity index (χ0n) is 9.90. The molecule has 4 heteroatoms. The maximum atomic E-state index is 12.4. The number of nitrogens with zero attached hydrogens (tertiary/aromatic N) is 1. The van der Waals surface area contributed by atoms with E-state index in [9.17, 15) is 4.79 Å². The van der Waals surface area contributed by atoms with Crippen molar-refractivity contribution in [1.29, 1.82) is 0 Å². The van der Waals surface area contributed by atoms with E-state index in [1.807, 2.05) is 21.7 Å². The number of carbonyl (C=O) groups excluding carboxylic acids is 1. The summed E-state index contributed by atoms with van der Waals surface area (Å²) in [4.78, 5) is 14.3. The molecule has 1 amide bonds. The quantitative estimate of drug-likeness (QED) is 0.764. The maximum Gasteiger partial charge on any atom is 0.254 e. The summed E-state index contributed by atoms with van der Waals surface area (Å²) in [7, 11) is 0. The molecule has 0 aliphatic heterocycles. The van der Waals surface area contributed by atoms with Crippen LogP contribution in [-0.2, 0) is 0 Å². The first-order valence-electron chi connectivity index (χ1n) is 6.22. The molecule has 94 valence electrons. The van der Waals surface area contributed by atoms with Crippen molar-refractivity contribution in [3.8, 4) is 0 Å². The summed E-state index contributed by atoms with van der Waals surface area (Å²) in [5.74, 6) is 0.672. The first-order valence-corrected chi connectivity index (χ1v) is 7.70. The molecule has 1 fully saturated rings. The van der Waals surface area contributed by atoms with Gasteiger partial charge in [0.25, 0.3) is 5.91 Å². The topological polar surface area (TPSA) is 20.3 Å². The van der Waals surface area contributed by atoms with Gasteiger partial charge in [0.2, 0.25) is 0 Å². The van der Waals surface area contributed by atoms with Crippen molar-refractivity contribution in [3.05, 3.63) is 22.4 Å². The molecule has 1 aromatic heterocycles. The normalized spacial score (nSPS) is 17.0. The van der Waals surface area contributed by atoms with Crippen molar-refractivity contribution in [2.45, 2.75) is 38.1 Å². The zero-order chi connectivity index (χ0) is 12.1. The molecule has 1 aliphatic carbocycles. The Bertz CT molecular complexity index is 346. The molecule has 2 nitrogen and oxygen atoms in total. The molecule has 1 saturated carbocycles. The smallest absolute Gasteiger partial charge is 0.254 e. The number of alkyl halides is 1. The molecule has 1 aliphatic rings. The van der Waals surface area contributed by atoms with Gasteiger partial charge in [0, 0.05) is 23.8 Å². The van der Waals surface area contributed by atoms with E-state index in [1.165, 1.54) is 19.3 Å². The van der Waals surface area contributed by atoms with E-state index in [0.717, 1.165) is 18.4 Å². The molecule has 0 N–H and O–H groups in total. The number of carbonyl (C=O) groups is 1. The van der Waals surface area contributed by atoms with Crippen molar-refractivity contribution >= 4 is 28.8 Å². The van der Waals surface area contributed by atoms with Crippen LogP contribution in [0.25, 0.3) is 0 Å². The predicted molar refractivity (Wildman–Crippen MR) is 72.9 cm³/mol. The van der Waals surface area contributed by atoms with Gasteiger partial charge in [-0.1, -0.05) is 19.3 Å². The average molecular weight is 272 g/mol. The Labute approximate surface area is 112 Å². The standard InChI is InChI=1S/C13H18ClNOS/c14-7-8-15(12-4-2-1-3-5-12)13(16)11-6-9-17-10-11/h6,9-10,12H,1-5,7-8H2. The molecule has 1 aromatic rings. The lowest BCUT2D eigenvalue weighted by molar-refractivity contribution is 0.0650. The minimum absolute atomic E-state index is 0.152. The van der Waals surface area contributed by atoms with Crippen LogP contribution in [0.1, 0.15) is 42.5 Å². The number of hydrogen-bond acceptors (Lipinski definition) is 2. The monoisotopic (exact) mass is 271 g/mol. The van der Waals surface area contributed by atoms with Gasteiger partial charge in [0.05, 0.1) is 5.56 Å². The van der Waals surface area contributed by atoms with Crippen LogP contribution in [-0.4, -0.2) is 29.3 Å². The van der Waals surface area contributed by atoms with E-state index in [-0.39, 0.29) is 5.91 Å². The Morgan fingerprint density at radius 1 is 1.41 bits per heavy atom. The number of rotatable bonds is 4. The van der Waals surface area contributed by atoms with E-state index >= 15 is 0 Å². The summed E-state index contributed by atoms with van der Waals surface area (Å²) in [5.41, 5.74) is 0.811. The first kappa shape index (κ1) is 12.9. The highest BCUT2D eigenvalue weighted by Crippen LogP contribution is 2.24. The second-order valence-electron chi connectivity index (χ2n) is 4.49. The van der Waals surface area contributed by atoms with Crippen molar-refractivity contribution in [3.63, 3.8) is 0 Å². The summed E-state index contributed by atoms with van der Waals surface area (Å²) >= 11 is 7.40. The fraction of sp³-hybridized carbons (Fsp3) is 0.615. The van der Waals surface area contributed by atoms with Gasteiger partial charge >= 0.3 is 0 Å². The molecule has 0 unspecified atom stereocenters. The SMILES string of the molecule is O=C(c1ccsc1)N(CCCl)C1CCCCC1. The lowest BCUT2D eigenvalue weighted by atomic mass is 9.94. The lowest BCUT2D eigenvalue weighted by Gasteiger charge is -2.33. The number of halogens is 1. The van der Waals surface area contributed by atoms with Gasteiger partial charge in [-0.15, -0.1) is 11.6 Å². The summed E-state index contributed by atoms with van der Waals surface area (Å²) in [6.07, 6.45) is 6.04.